The summed E-state index contributed by atoms with van der Waals surface area (Å²) in [6, 6.07) is 0.390. The van der Waals surface area contributed by atoms with Gasteiger partial charge < -0.3 is 20.3 Å². The fourth-order valence-corrected chi connectivity index (χ4v) is 2.31. The maximum atomic E-state index is 11.7. The minimum absolute atomic E-state index is 0.0626. The minimum Gasteiger partial charge on any atom is -0.374 e. The molecule has 0 bridgehead atoms. The van der Waals surface area contributed by atoms with Crippen LogP contribution in [-0.4, -0.2) is 55.9 Å². The van der Waals surface area contributed by atoms with Crippen LogP contribution in [0.4, 0.5) is 4.79 Å². The third kappa shape index (κ3) is 2.86. The van der Waals surface area contributed by atoms with Gasteiger partial charge in [0.1, 0.15) is 0 Å². The van der Waals surface area contributed by atoms with Gasteiger partial charge >= 0.3 is 6.03 Å². The minimum atomic E-state index is 0.0626. The number of rotatable bonds is 4. The second-order valence-electron chi connectivity index (χ2n) is 4.54. The summed E-state index contributed by atoms with van der Waals surface area (Å²) in [5.41, 5.74) is 0. The molecule has 0 saturated carbocycles. The summed E-state index contributed by atoms with van der Waals surface area (Å²) < 4.78 is 5.60. The molecule has 2 heterocycles. The number of hydrogen-bond acceptors (Lipinski definition) is 3. The van der Waals surface area contributed by atoms with Gasteiger partial charge in [-0.3, -0.25) is 0 Å². The lowest BCUT2D eigenvalue weighted by Crippen LogP contribution is -2.46. The van der Waals surface area contributed by atoms with E-state index in [4.69, 9.17) is 4.74 Å². The Balaban J connectivity index is 1.78. The number of ether oxygens (including phenoxy) is 1. The Labute approximate surface area is 96.5 Å². The molecule has 0 aromatic rings. The van der Waals surface area contributed by atoms with Crippen LogP contribution in [0, 0.1) is 0 Å². The fourth-order valence-electron chi connectivity index (χ4n) is 2.31. The van der Waals surface area contributed by atoms with Crippen LogP contribution < -0.4 is 10.6 Å². The number of carbonyl (C=O) groups excluding carboxylic acids is 1. The van der Waals surface area contributed by atoms with Crippen LogP contribution in [0.15, 0.2) is 0 Å². The Morgan fingerprint density at radius 3 is 3.12 bits per heavy atom. The molecule has 2 rings (SSSR count). The molecular weight excluding hydrogens is 206 g/mol. The van der Waals surface area contributed by atoms with Crippen molar-refractivity contribution >= 4 is 6.03 Å². The Kier molecular flexibility index (Phi) is 4.01. The highest BCUT2D eigenvalue weighted by Gasteiger charge is 2.30. The van der Waals surface area contributed by atoms with Gasteiger partial charge in [-0.15, -0.1) is 0 Å². The number of amides is 2. The van der Waals surface area contributed by atoms with Crippen LogP contribution in [-0.2, 0) is 4.74 Å². The topological polar surface area (TPSA) is 53.6 Å². The van der Waals surface area contributed by atoms with Crippen molar-refractivity contribution in [2.75, 3.05) is 32.8 Å². The van der Waals surface area contributed by atoms with E-state index in [2.05, 4.69) is 17.6 Å². The maximum Gasteiger partial charge on any atom is 0.317 e. The highest BCUT2D eigenvalue weighted by atomic mass is 16.5. The SMILES string of the molecule is CCCC1CN(CC2CNCCO2)C(=O)N1. The average Bonchev–Trinajstić information content (AvgIpc) is 2.61. The normalized spacial score (nSPS) is 30.6. The molecule has 2 amide bonds. The summed E-state index contributed by atoms with van der Waals surface area (Å²) in [5, 5.41) is 6.28. The number of carbonyl (C=O) groups is 1. The Hall–Kier alpha value is -0.810. The van der Waals surface area contributed by atoms with Crippen molar-refractivity contribution in [3.05, 3.63) is 0 Å². The third-order valence-corrected chi connectivity index (χ3v) is 3.12. The first-order valence-electron chi connectivity index (χ1n) is 6.17. The van der Waals surface area contributed by atoms with Crippen LogP contribution in [0.25, 0.3) is 0 Å². The molecule has 92 valence electrons. The van der Waals surface area contributed by atoms with E-state index in [1.54, 1.807) is 0 Å². The predicted octanol–water partition coefficient (Wildman–Crippen LogP) is 0.169. The van der Waals surface area contributed by atoms with Crippen LogP contribution in [0.5, 0.6) is 0 Å². The van der Waals surface area contributed by atoms with Crippen LogP contribution >= 0.6 is 0 Å². The Morgan fingerprint density at radius 1 is 1.56 bits per heavy atom. The average molecular weight is 227 g/mol. The molecule has 2 aliphatic rings. The second-order valence-corrected chi connectivity index (χ2v) is 4.54. The number of nitrogens with zero attached hydrogens (tertiary/aromatic N) is 1. The number of nitrogens with one attached hydrogen (secondary N) is 2. The van der Waals surface area contributed by atoms with E-state index in [0.29, 0.717) is 12.6 Å². The molecule has 5 heteroatoms. The fraction of sp³-hybridized carbons (Fsp3) is 0.909. The first kappa shape index (κ1) is 11.7. The molecule has 0 aromatic carbocycles. The van der Waals surface area contributed by atoms with E-state index in [9.17, 15) is 4.79 Å². The number of morpholine rings is 1. The lowest BCUT2D eigenvalue weighted by molar-refractivity contribution is 0.0145. The molecule has 2 aliphatic heterocycles. The van der Waals surface area contributed by atoms with E-state index in [1.807, 2.05) is 4.90 Å². The van der Waals surface area contributed by atoms with E-state index in [-0.39, 0.29) is 12.1 Å². The maximum absolute atomic E-state index is 11.7. The van der Waals surface area contributed by atoms with Crippen LogP contribution in [0.2, 0.25) is 0 Å². The smallest absolute Gasteiger partial charge is 0.317 e. The molecule has 16 heavy (non-hydrogen) atoms. The summed E-state index contributed by atoms with van der Waals surface area (Å²) in [6.45, 7) is 6.19. The quantitative estimate of drug-likeness (QED) is 0.720. The Bertz CT molecular complexity index is 241. The summed E-state index contributed by atoms with van der Waals surface area (Å²) >= 11 is 0. The second kappa shape index (κ2) is 5.50. The van der Waals surface area contributed by atoms with Gasteiger partial charge in [0.15, 0.2) is 0 Å². The Morgan fingerprint density at radius 2 is 2.44 bits per heavy atom. The lowest BCUT2D eigenvalue weighted by Gasteiger charge is -2.27. The van der Waals surface area contributed by atoms with Gasteiger partial charge in [0, 0.05) is 32.2 Å². The molecule has 2 N–H and O–H groups in total. The van der Waals surface area contributed by atoms with Crippen molar-refractivity contribution in [2.45, 2.75) is 31.9 Å². The molecule has 5 nitrogen and oxygen atoms in total. The molecule has 0 aromatic heterocycles. The molecule has 2 unspecified atom stereocenters. The largest absolute Gasteiger partial charge is 0.374 e. The van der Waals surface area contributed by atoms with Crippen molar-refractivity contribution in [1.82, 2.24) is 15.5 Å². The van der Waals surface area contributed by atoms with E-state index in [1.165, 1.54) is 0 Å². The molecule has 2 atom stereocenters. The van der Waals surface area contributed by atoms with Gasteiger partial charge in [-0.2, -0.15) is 0 Å². The summed E-state index contributed by atoms with van der Waals surface area (Å²) in [6.07, 6.45) is 2.33. The van der Waals surface area contributed by atoms with E-state index in [0.717, 1.165) is 39.1 Å². The van der Waals surface area contributed by atoms with Gasteiger partial charge in [0.25, 0.3) is 0 Å². The van der Waals surface area contributed by atoms with Crippen LogP contribution in [0.1, 0.15) is 19.8 Å². The highest BCUT2D eigenvalue weighted by molar-refractivity contribution is 5.76. The first-order valence-corrected chi connectivity index (χ1v) is 6.17. The standard InChI is InChI=1S/C11H21N3O2/c1-2-3-9-7-14(11(15)13-9)8-10-6-12-4-5-16-10/h9-10,12H,2-8H2,1H3,(H,13,15). The summed E-state index contributed by atoms with van der Waals surface area (Å²) in [7, 11) is 0. The predicted molar refractivity (Wildman–Crippen MR) is 61.4 cm³/mol. The van der Waals surface area contributed by atoms with Crippen LogP contribution in [0.3, 0.4) is 0 Å². The highest BCUT2D eigenvalue weighted by Crippen LogP contribution is 2.10. The number of hydrogen-bond donors (Lipinski definition) is 2. The van der Waals surface area contributed by atoms with Crippen molar-refractivity contribution in [1.29, 1.82) is 0 Å². The molecular formula is C11H21N3O2. The molecule has 0 spiro atoms. The van der Waals surface area contributed by atoms with Crippen molar-refractivity contribution in [3.63, 3.8) is 0 Å². The van der Waals surface area contributed by atoms with Gasteiger partial charge in [-0.05, 0) is 6.42 Å². The monoisotopic (exact) mass is 227 g/mol. The van der Waals surface area contributed by atoms with Gasteiger partial charge in [-0.25, -0.2) is 4.79 Å². The first-order chi connectivity index (χ1) is 7.79. The third-order valence-electron chi connectivity index (χ3n) is 3.12. The summed E-state index contributed by atoms with van der Waals surface area (Å²) in [4.78, 5) is 13.5. The molecule has 2 fully saturated rings. The van der Waals surface area contributed by atoms with Crippen molar-refractivity contribution < 1.29 is 9.53 Å². The van der Waals surface area contributed by atoms with Gasteiger partial charge in [0.05, 0.1) is 12.7 Å². The van der Waals surface area contributed by atoms with Gasteiger partial charge in [0.2, 0.25) is 0 Å². The zero-order valence-corrected chi connectivity index (χ0v) is 9.87. The lowest BCUT2D eigenvalue weighted by atomic mass is 10.2. The number of urea groups is 1. The van der Waals surface area contributed by atoms with Gasteiger partial charge in [-0.1, -0.05) is 13.3 Å². The van der Waals surface area contributed by atoms with Crippen molar-refractivity contribution in [3.8, 4) is 0 Å². The van der Waals surface area contributed by atoms with Crippen molar-refractivity contribution in [2.24, 2.45) is 0 Å². The molecule has 0 radical (unpaired) electrons. The molecule has 0 aliphatic carbocycles. The zero-order valence-electron chi connectivity index (χ0n) is 9.87. The van der Waals surface area contributed by atoms with E-state index < -0.39 is 0 Å². The zero-order chi connectivity index (χ0) is 11.4. The van der Waals surface area contributed by atoms with E-state index >= 15 is 0 Å². The summed E-state index contributed by atoms with van der Waals surface area (Å²) in [5.74, 6) is 0. The molecule has 2 saturated heterocycles.